The van der Waals surface area contributed by atoms with Gasteiger partial charge >= 0.3 is 0 Å². The number of rotatable bonds is 4. The number of hydrogen-bond donors (Lipinski definition) is 1. The summed E-state index contributed by atoms with van der Waals surface area (Å²) in [5.74, 6) is 0.314. The molecule has 6 nitrogen and oxygen atoms in total. The summed E-state index contributed by atoms with van der Waals surface area (Å²) in [7, 11) is 3.41. The third-order valence-corrected chi connectivity index (χ3v) is 3.29. The number of methoxy groups -OCH3 is 1. The van der Waals surface area contributed by atoms with Gasteiger partial charge in [0, 0.05) is 30.6 Å². The van der Waals surface area contributed by atoms with Crippen LogP contribution in [0.2, 0.25) is 0 Å². The minimum Gasteiger partial charge on any atom is -0.481 e. The van der Waals surface area contributed by atoms with Gasteiger partial charge in [-0.25, -0.2) is 4.98 Å². The highest BCUT2D eigenvalue weighted by Gasteiger charge is 2.15. The Hall–Kier alpha value is -2.37. The van der Waals surface area contributed by atoms with Gasteiger partial charge in [0.05, 0.1) is 24.9 Å². The van der Waals surface area contributed by atoms with E-state index in [2.05, 4.69) is 15.4 Å². The number of pyridine rings is 1. The van der Waals surface area contributed by atoms with Gasteiger partial charge in [-0.3, -0.25) is 9.48 Å². The predicted octanol–water partition coefficient (Wildman–Crippen LogP) is 1.62. The maximum atomic E-state index is 12.1. The van der Waals surface area contributed by atoms with Crippen molar-refractivity contribution in [2.75, 3.05) is 7.11 Å². The highest BCUT2D eigenvalue weighted by Crippen LogP contribution is 2.16. The molecule has 6 heteroatoms. The number of aromatic nitrogens is 3. The summed E-state index contributed by atoms with van der Waals surface area (Å²) in [5, 5.41) is 7.11. The van der Waals surface area contributed by atoms with Crippen molar-refractivity contribution in [1.82, 2.24) is 20.1 Å². The summed E-state index contributed by atoms with van der Waals surface area (Å²) in [5.41, 5.74) is 2.53. The maximum absolute atomic E-state index is 12.1. The molecule has 0 aliphatic carbocycles. The lowest BCUT2D eigenvalue weighted by Gasteiger charge is -2.13. The van der Waals surface area contributed by atoms with Gasteiger partial charge in [-0.1, -0.05) is 0 Å². The molecule has 0 aliphatic rings. The Labute approximate surface area is 117 Å². The van der Waals surface area contributed by atoms with Crippen molar-refractivity contribution in [3.05, 3.63) is 41.3 Å². The monoisotopic (exact) mass is 274 g/mol. The highest BCUT2D eigenvalue weighted by atomic mass is 16.5. The molecule has 0 saturated heterocycles. The van der Waals surface area contributed by atoms with Gasteiger partial charge < -0.3 is 10.1 Å². The molecule has 0 radical (unpaired) electrons. The molecule has 0 bridgehead atoms. The molecule has 1 unspecified atom stereocenters. The highest BCUT2D eigenvalue weighted by molar-refractivity contribution is 5.94. The van der Waals surface area contributed by atoms with Crippen LogP contribution < -0.4 is 10.1 Å². The first-order valence-electron chi connectivity index (χ1n) is 6.32. The molecular weight excluding hydrogens is 256 g/mol. The number of nitrogens with one attached hydrogen (secondary N) is 1. The molecule has 106 valence electrons. The van der Waals surface area contributed by atoms with Crippen molar-refractivity contribution in [2.45, 2.75) is 19.9 Å². The van der Waals surface area contributed by atoms with Crippen LogP contribution in [0.5, 0.6) is 5.88 Å². The zero-order valence-electron chi connectivity index (χ0n) is 12.0. The van der Waals surface area contributed by atoms with E-state index in [4.69, 9.17) is 4.74 Å². The van der Waals surface area contributed by atoms with E-state index in [1.54, 1.807) is 23.0 Å². The first-order chi connectivity index (χ1) is 9.52. The number of ether oxygens (including phenoxy) is 1. The van der Waals surface area contributed by atoms with Crippen molar-refractivity contribution in [2.24, 2.45) is 7.05 Å². The molecule has 0 aromatic carbocycles. The van der Waals surface area contributed by atoms with Gasteiger partial charge in [0.25, 0.3) is 5.91 Å². The summed E-state index contributed by atoms with van der Waals surface area (Å²) >= 11 is 0. The zero-order valence-corrected chi connectivity index (χ0v) is 12.0. The molecule has 1 atom stereocenters. The third-order valence-electron chi connectivity index (χ3n) is 3.29. The van der Waals surface area contributed by atoms with Gasteiger partial charge in [-0.15, -0.1) is 0 Å². The van der Waals surface area contributed by atoms with Gasteiger partial charge in [0.15, 0.2) is 0 Å². The number of nitrogens with zero attached hydrogens (tertiary/aromatic N) is 3. The lowest BCUT2D eigenvalue weighted by molar-refractivity contribution is 0.0939. The van der Waals surface area contributed by atoms with Crippen molar-refractivity contribution < 1.29 is 9.53 Å². The summed E-state index contributed by atoms with van der Waals surface area (Å²) in [4.78, 5) is 16.1. The number of aryl methyl sites for hydroxylation is 1. The van der Waals surface area contributed by atoms with Crippen LogP contribution in [0, 0.1) is 6.92 Å². The Bertz CT molecular complexity index is 604. The first-order valence-corrected chi connectivity index (χ1v) is 6.32. The smallest absolute Gasteiger partial charge is 0.253 e. The number of amides is 1. The van der Waals surface area contributed by atoms with Crippen molar-refractivity contribution in [1.29, 1.82) is 0 Å². The largest absolute Gasteiger partial charge is 0.481 e. The van der Waals surface area contributed by atoms with E-state index in [1.807, 2.05) is 20.9 Å². The Morgan fingerprint density at radius 3 is 2.65 bits per heavy atom. The van der Waals surface area contributed by atoms with Crippen LogP contribution in [0.25, 0.3) is 0 Å². The van der Waals surface area contributed by atoms with Crippen LogP contribution in [0.15, 0.2) is 24.5 Å². The third kappa shape index (κ3) is 2.79. The predicted molar refractivity (Wildman–Crippen MR) is 74.6 cm³/mol. The molecule has 0 spiro atoms. The van der Waals surface area contributed by atoms with Crippen LogP contribution in [0.3, 0.4) is 0 Å². The van der Waals surface area contributed by atoms with Crippen LogP contribution in [0.4, 0.5) is 0 Å². The van der Waals surface area contributed by atoms with E-state index >= 15 is 0 Å². The van der Waals surface area contributed by atoms with E-state index in [9.17, 15) is 4.79 Å². The fourth-order valence-electron chi connectivity index (χ4n) is 1.93. The van der Waals surface area contributed by atoms with Crippen LogP contribution in [-0.4, -0.2) is 27.8 Å². The maximum Gasteiger partial charge on any atom is 0.253 e. The minimum absolute atomic E-state index is 0.113. The van der Waals surface area contributed by atoms with Gasteiger partial charge in [0.2, 0.25) is 5.88 Å². The molecule has 20 heavy (non-hydrogen) atoms. The average Bonchev–Trinajstić information content (AvgIpc) is 2.79. The molecule has 1 amide bonds. The standard InChI is InChI=1S/C14H18N4O2/c1-9(12-8-16-18(3)10(12)2)17-14(19)11-5-6-13(20-4)15-7-11/h5-9H,1-4H3,(H,17,19). The average molecular weight is 274 g/mol. The van der Waals surface area contributed by atoms with E-state index in [0.717, 1.165) is 11.3 Å². The Balaban J connectivity index is 2.08. The fraction of sp³-hybridized carbons (Fsp3) is 0.357. The molecule has 0 saturated carbocycles. The number of carbonyl (C=O) groups excluding carboxylic acids is 1. The second-order valence-corrected chi connectivity index (χ2v) is 4.59. The summed E-state index contributed by atoms with van der Waals surface area (Å²) in [6.45, 7) is 3.90. The van der Waals surface area contributed by atoms with Crippen molar-refractivity contribution >= 4 is 5.91 Å². The Kier molecular flexibility index (Phi) is 4.02. The quantitative estimate of drug-likeness (QED) is 0.920. The fourth-order valence-corrected chi connectivity index (χ4v) is 1.93. The molecule has 0 fully saturated rings. The number of carbonyl (C=O) groups is 1. The Morgan fingerprint density at radius 2 is 2.15 bits per heavy atom. The van der Waals surface area contributed by atoms with E-state index < -0.39 is 0 Å². The molecule has 0 aliphatic heterocycles. The summed E-state index contributed by atoms with van der Waals surface area (Å²) < 4.78 is 6.75. The van der Waals surface area contributed by atoms with E-state index in [0.29, 0.717) is 11.4 Å². The lowest BCUT2D eigenvalue weighted by atomic mass is 10.1. The minimum atomic E-state index is -0.170. The SMILES string of the molecule is COc1ccc(C(=O)NC(C)c2cnn(C)c2C)cn1. The van der Waals surface area contributed by atoms with E-state index in [-0.39, 0.29) is 11.9 Å². The topological polar surface area (TPSA) is 69.0 Å². The van der Waals surface area contributed by atoms with Gasteiger partial charge in [-0.2, -0.15) is 5.10 Å². The summed E-state index contributed by atoms with van der Waals surface area (Å²) in [6, 6.07) is 3.23. The molecule has 2 rings (SSSR count). The zero-order chi connectivity index (χ0) is 14.7. The normalized spacial score (nSPS) is 12.0. The van der Waals surface area contributed by atoms with Crippen LogP contribution in [0.1, 0.15) is 34.6 Å². The van der Waals surface area contributed by atoms with Crippen molar-refractivity contribution in [3.63, 3.8) is 0 Å². The van der Waals surface area contributed by atoms with E-state index in [1.165, 1.54) is 13.3 Å². The number of hydrogen-bond acceptors (Lipinski definition) is 4. The molecular formula is C14H18N4O2. The first kappa shape index (κ1) is 14.0. The van der Waals surface area contributed by atoms with Crippen molar-refractivity contribution in [3.8, 4) is 5.88 Å². The molecule has 2 aromatic heterocycles. The van der Waals surface area contributed by atoms with Crippen LogP contribution in [-0.2, 0) is 7.05 Å². The second kappa shape index (κ2) is 5.73. The van der Waals surface area contributed by atoms with Gasteiger partial charge in [0.1, 0.15) is 0 Å². The molecule has 2 heterocycles. The second-order valence-electron chi connectivity index (χ2n) is 4.59. The molecule has 2 aromatic rings. The Morgan fingerprint density at radius 1 is 1.40 bits per heavy atom. The lowest BCUT2D eigenvalue weighted by Crippen LogP contribution is -2.27. The van der Waals surface area contributed by atoms with Crippen LogP contribution >= 0.6 is 0 Å². The summed E-state index contributed by atoms with van der Waals surface area (Å²) in [6.07, 6.45) is 3.27. The van der Waals surface area contributed by atoms with Gasteiger partial charge in [-0.05, 0) is 19.9 Å². The molecule has 1 N–H and O–H groups in total.